The highest BCUT2D eigenvalue weighted by atomic mass is 19.4. The number of likely N-dealkylation sites (tertiary alicyclic amines) is 1. The number of alkyl halides is 3. The van der Waals surface area contributed by atoms with Crippen LogP contribution in [0.2, 0.25) is 0 Å². The van der Waals surface area contributed by atoms with Gasteiger partial charge in [-0.3, -0.25) is 9.69 Å². The van der Waals surface area contributed by atoms with Crippen molar-refractivity contribution in [1.29, 1.82) is 0 Å². The molecule has 1 saturated heterocycles. The second-order valence-electron chi connectivity index (χ2n) is 6.09. The average Bonchev–Trinajstić information content (AvgIpc) is 3.07. The first-order chi connectivity index (χ1) is 11.4. The number of rotatable bonds is 4. The lowest BCUT2D eigenvalue weighted by molar-refractivity contribution is -0.137. The predicted molar refractivity (Wildman–Crippen MR) is 85.8 cm³/mol. The van der Waals surface area contributed by atoms with Crippen molar-refractivity contribution in [3.05, 3.63) is 70.8 Å². The maximum absolute atomic E-state index is 12.6. The van der Waals surface area contributed by atoms with Gasteiger partial charge in [-0.15, -0.1) is 0 Å². The van der Waals surface area contributed by atoms with Crippen LogP contribution in [0.1, 0.15) is 39.9 Å². The zero-order valence-corrected chi connectivity index (χ0v) is 13.1. The van der Waals surface area contributed by atoms with E-state index in [1.54, 1.807) is 6.07 Å². The largest absolute Gasteiger partial charge is 0.416 e. The first kappa shape index (κ1) is 16.7. The minimum atomic E-state index is -4.39. The molecule has 126 valence electrons. The first-order valence-corrected chi connectivity index (χ1v) is 7.97. The van der Waals surface area contributed by atoms with E-state index in [1.165, 1.54) is 25.0 Å². The fourth-order valence-corrected chi connectivity index (χ4v) is 2.99. The summed E-state index contributed by atoms with van der Waals surface area (Å²) in [5.41, 5.74) is 1.07. The number of carbonyl (C=O) groups is 1. The van der Waals surface area contributed by atoms with Crippen LogP contribution in [-0.4, -0.2) is 23.8 Å². The monoisotopic (exact) mass is 333 g/mol. The summed E-state index contributed by atoms with van der Waals surface area (Å²) in [6.45, 7) is 2.93. The van der Waals surface area contributed by atoms with Gasteiger partial charge in [-0.05, 0) is 49.7 Å². The standard InChI is InChI=1S/C19H18F3NO/c20-19(21,22)17-8-6-15(7-9-17)18(24)16-5-3-4-14(12-16)13-23-10-1-2-11-23/h3-9,12H,1-2,10-11,13H2. The zero-order chi connectivity index (χ0) is 17.2. The van der Waals surface area contributed by atoms with Crippen LogP contribution in [0.15, 0.2) is 48.5 Å². The summed E-state index contributed by atoms with van der Waals surface area (Å²) in [7, 11) is 0. The summed E-state index contributed by atoms with van der Waals surface area (Å²) in [4.78, 5) is 14.8. The maximum atomic E-state index is 12.6. The van der Waals surface area contributed by atoms with Gasteiger partial charge in [0.25, 0.3) is 0 Å². The van der Waals surface area contributed by atoms with Crippen molar-refractivity contribution in [3.8, 4) is 0 Å². The molecule has 2 aromatic carbocycles. The quantitative estimate of drug-likeness (QED) is 0.766. The van der Waals surface area contributed by atoms with Crippen molar-refractivity contribution in [2.24, 2.45) is 0 Å². The minimum absolute atomic E-state index is 0.257. The molecule has 0 unspecified atom stereocenters. The number of nitrogens with zero attached hydrogens (tertiary/aromatic N) is 1. The molecule has 0 aliphatic carbocycles. The Morgan fingerprint density at radius 2 is 1.62 bits per heavy atom. The van der Waals surface area contributed by atoms with Crippen molar-refractivity contribution < 1.29 is 18.0 Å². The van der Waals surface area contributed by atoms with Gasteiger partial charge < -0.3 is 0 Å². The third-order valence-corrected chi connectivity index (χ3v) is 4.27. The smallest absolute Gasteiger partial charge is 0.299 e. The molecule has 2 aromatic rings. The summed E-state index contributed by atoms with van der Waals surface area (Å²) >= 11 is 0. The second-order valence-corrected chi connectivity index (χ2v) is 6.09. The Morgan fingerprint density at radius 3 is 2.25 bits per heavy atom. The highest BCUT2D eigenvalue weighted by Crippen LogP contribution is 2.29. The molecular weight excluding hydrogens is 315 g/mol. The van der Waals surface area contributed by atoms with Crippen molar-refractivity contribution >= 4 is 5.78 Å². The average molecular weight is 333 g/mol. The van der Waals surface area contributed by atoms with Crippen LogP contribution in [-0.2, 0) is 12.7 Å². The molecule has 0 saturated carbocycles. The van der Waals surface area contributed by atoms with Crippen molar-refractivity contribution in [2.75, 3.05) is 13.1 Å². The van der Waals surface area contributed by atoms with E-state index in [0.29, 0.717) is 5.56 Å². The van der Waals surface area contributed by atoms with E-state index in [4.69, 9.17) is 0 Å². The summed E-state index contributed by atoms with van der Waals surface area (Å²) < 4.78 is 37.8. The fraction of sp³-hybridized carbons (Fsp3) is 0.316. The van der Waals surface area contributed by atoms with Crippen LogP contribution >= 0.6 is 0 Å². The fourth-order valence-electron chi connectivity index (χ4n) is 2.99. The molecule has 5 heteroatoms. The Balaban J connectivity index is 1.77. The molecular formula is C19H18F3NO. The van der Waals surface area contributed by atoms with Gasteiger partial charge in [-0.2, -0.15) is 13.2 Å². The third-order valence-electron chi connectivity index (χ3n) is 4.27. The van der Waals surface area contributed by atoms with Crippen LogP contribution in [0.3, 0.4) is 0 Å². The summed E-state index contributed by atoms with van der Waals surface area (Å²) in [6, 6.07) is 11.7. The van der Waals surface area contributed by atoms with Crippen LogP contribution < -0.4 is 0 Å². The van der Waals surface area contributed by atoms with Gasteiger partial charge in [0, 0.05) is 17.7 Å². The van der Waals surface area contributed by atoms with Gasteiger partial charge in [0.2, 0.25) is 0 Å². The zero-order valence-electron chi connectivity index (χ0n) is 13.1. The SMILES string of the molecule is O=C(c1ccc(C(F)(F)F)cc1)c1cccc(CN2CCCC2)c1. The summed E-state index contributed by atoms with van der Waals surface area (Å²) in [5, 5.41) is 0. The molecule has 0 atom stereocenters. The highest BCUT2D eigenvalue weighted by molar-refractivity contribution is 6.09. The minimum Gasteiger partial charge on any atom is -0.299 e. The van der Waals surface area contributed by atoms with Gasteiger partial charge in [0.15, 0.2) is 5.78 Å². The van der Waals surface area contributed by atoms with E-state index in [1.807, 2.05) is 18.2 Å². The van der Waals surface area contributed by atoms with Gasteiger partial charge in [0.05, 0.1) is 5.56 Å². The molecule has 0 aromatic heterocycles. The van der Waals surface area contributed by atoms with Crippen LogP contribution in [0.4, 0.5) is 13.2 Å². The topological polar surface area (TPSA) is 20.3 Å². The van der Waals surface area contributed by atoms with Crippen molar-refractivity contribution in [2.45, 2.75) is 25.6 Å². The van der Waals surface area contributed by atoms with E-state index in [0.717, 1.165) is 37.3 Å². The molecule has 1 aliphatic rings. The molecule has 3 rings (SSSR count). The molecule has 1 fully saturated rings. The highest BCUT2D eigenvalue weighted by Gasteiger charge is 2.30. The van der Waals surface area contributed by atoms with E-state index in [-0.39, 0.29) is 11.3 Å². The lowest BCUT2D eigenvalue weighted by Gasteiger charge is -2.15. The number of ketones is 1. The Bertz CT molecular complexity index is 716. The van der Waals surface area contributed by atoms with Crippen LogP contribution in [0.25, 0.3) is 0 Å². The Morgan fingerprint density at radius 1 is 0.958 bits per heavy atom. The molecule has 0 bridgehead atoms. The number of carbonyl (C=O) groups excluding carboxylic acids is 1. The van der Waals surface area contributed by atoms with Gasteiger partial charge in [-0.25, -0.2) is 0 Å². The van der Waals surface area contributed by atoms with Gasteiger partial charge in [0.1, 0.15) is 0 Å². The number of hydrogen-bond acceptors (Lipinski definition) is 2. The van der Waals surface area contributed by atoms with Crippen LogP contribution in [0.5, 0.6) is 0 Å². The Hall–Kier alpha value is -2.14. The lowest BCUT2D eigenvalue weighted by Crippen LogP contribution is -2.18. The summed E-state index contributed by atoms with van der Waals surface area (Å²) in [6.07, 6.45) is -1.99. The van der Waals surface area contributed by atoms with E-state index < -0.39 is 11.7 Å². The molecule has 2 nitrogen and oxygen atoms in total. The molecule has 0 amide bonds. The first-order valence-electron chi connectivity index (χ1n) is 7.97. The number of hydrogen-bond donors (Lipinski definition) is 0. The van der Waals surface area contributed by atoms with Crippen molar-refractivity contribution in [1.82, 2.24) is 4.90 Å². The van der Waals surface area contributed by atoms with Gasteiger partial charge >= 0.3 is 6.18 Å². The molecule has 0 radical (unpaired) electrons. The third kappa shape index (κ3) is 3.85. The molecule has 1 heterocycles. The van der Waals surface area contributed by atoms with E-state index in [2.05, 4.69) is 4.90 Å². The van der Waals surface area contributed by atoms with Gasteiger partial charge in [-0.1, -0.05) is 30.3 Å². The number of halogens is 3. The predicted octanol–water partition coefficient (Wildman–Crippen LogP) is 4.53. The van der Waals surface area contributed by atoms with Crippen LogP contribution in [0, 0.1) is 0 Å². The molecule has 1 aliphatic heterocycles. The van der Waals surface area contributed by atoms with E-state index >= 15 is 0 Å². The molecule has 0 N–H and O–H groups in total. The Kier molecular flexibility index (Phi) is 4.71. The molecule has 24 heavy (non-hydrogen) atoms. The van der Waals surface area contributed by atoms with E-state index in [9.17, 15) is 18.0 Å². The van der Waals surface area contributed by atoms with Crippen molar-refractivity contribution in [3.63, 3.8) is 0 Å². The maximum Gasteiger partial charge on any atom is 0.416 e. The lowest BCUT2D eigenvalue weighted by atomic mass is 10.00. The summed E-state index contributed by atoms with van der Waals surface area (Å²) in [5.74, 6) is -0.257. The normalized spacial score (nSPS) is 15.6. The molecule has 0 spiro atoms. The second kappa shape index (κ2) is 6.77. The number of benzene rings is 2. The Labute approximate surface area is 138 Å².